The van der Waals surface area contributed by atoms with Crippen LogP contribution in [0, 0.1) is 0 Å². The summed E-state index contributed by atoms with van der Waals surface area (Å²) in [5.74, 6) is 0.193. The first-order valence-electron chi connectivity index (χ1n) is 6.59. The Morgan fingerprint density at radius 3 is 2.84 bits per heavy atom. The third-order valence-electron chi connectivity index (χ3n) is 3.30. The SMILES string of the molecule is CC(=O)NC1CCN(C(=O)c2cc(C(C)C)n[nH]2)C1. The van der Waals surface area contributed by atoms with Gasteiger partial charge >= 0.3 is 0 Å². The molecule has 104 valence electrons. The van der Waals surface area contributed by atoms with Crippen molar-refractivity contribution >= 4 is 11.8 Å². The smallest absolute Gasteiger partial charge is 0.271 e. The molecule has 2 heterocycles. The molecule has 1 aromatic heterocycles. The molecule has 0 aliphatic carbocycles. The predicted octanol–water partition coefficient (Wildman–Crippen LogP) is 0.884. The fraction of sp³-hybridized carbons (Fsp3) is 0.615. The number of hydrogen-bond acceptors (Lipinski definition) is 3. The average molecular weight is 264 g/mol. The molecule has 2 amide bonds. The zero-order valence-corrected chi connectivity index (χ0v) is 11.6. The molecule has 2 N–H and O–H groups in total. The monoisotopic (exact) mass is 264 g/mol. The highest BCUT2D eigenvalue weighted by molar-refractivity contribution is 5.92. The number of aromatic nitrogens is 2. The highest BCUT2D eigenvalue weighted by Gasteiger charge is 2.28. The van der Waals surface area contributed by atoms with E-state index in [-0.39, 0.29) is 17.9 Å². The summed E-state index contributed by atoms with van der Waals surface area (Å²) < 4.78 is 0. The van der Waals surface area contributed by atoms with Gasteiger partial charge in [0.1, 0.15) is 5.69 Å². The van der Waals surface area contributed by atoms with E-state index < -0.39 is 0 Å². The zero-order valence-electron chi connectivity index (χ0n) is 11.6. The number of likely N-dealkylation sites (tertiary alicyclic amines) is 1. The fourth-order valence-corrected chi connectivity index (χ4v) is 2.26. The number of carbonyl (C=O) groups is 2. The van der Waals surface area contributed by atoms with Crippen LogP contribution >= 0.6 is 0 Å². The standard InChI is InChI=1S/C13H20N4O2/c1-8(2)11-6-12(16-15-11)13(19)17-5-4-10(7-17)14-9(3)18/h6,8,10H,4-5,7H2,1-3H3,(H,14,18)(H,15,16). The first-order valence-corrected chi connectivity index (χ1v) is 6.59. The van der Waals surface area contributed by atoms with Gasteiger partial charge < -0.3 is 10.2 Å². The second kappa shape index (κ2) is 5.42. The minimum atomic E-state index is -0.0528. The van der Waals surface area contributed by atoms with Crippen LogP contribution in [-0.2, 0) is 4.79 Å². The molecule has 0 spiro atoms. The summed E-state index contributed by atoms with van der Waals surface area (Å²) in [6.07, 6.45) is 0.802. The van der Waals surface area contributed by atoms with Crippen LogP contribution in [0.15, 0.2) is 6.07 Å². The van der Waals surface area contributed by atoms with Gasteiger partial charge in [-0.1, -0.05) is 13.8 Å². The molecule has 0 saturated carbocycles. The van der Waals surface area contributed by atoms with Gasteiger partial charge in [-0.05, 0) is 18.4 Å². The van der Waals surface area contributed by atoms with Crippen molar-refractivity contribution < 1.29 is 9.59 Å². The number of aromatic amines is 1. The third kappa shape index (κ3) is 3.13. The van der Waals surface area contributed by atoms with Crippen molar-refractivity contribution in [3.05, 3.63) is 17.5 Å². The molecular formula is C13H20N4O2. The second-order valence-corrected chi connectivity index (χ2v) is 5.30. The highest BCUT2D eigenvalue weighted by Crippen LogP contribution is 2.16. The molecule has 1 saturated heterocycles. The van der Waals surface area contributed by atoms with Gasteiger partial charge in [-0.3, -0.25) is 14.7 Å². The quantitative estimate of drug-likeness (QED) is 0.850. The van der Waals surface area contributed by atoms with Crippen LogP contribution in [0.3, 0.4) is 0 Å². The molecule has 0 bridgehead atoms. The van der Waals surface area contributed by atoms with Crippen LogP contribution in [0.4, 0.5) is 0 Å². The summed E-state index contributed by atoms with van der Waals surface area (Å²) in [6, 6.07) is 1.87. The van der Waals surface area contributed by atoms with E-state index in [9.17, 15) is 9.59 Å². The van der Waals surface area contributed by atoms with Gasteiger partial charge in [0.25, 0.3) is 5.91 Å². The van der Waals surface area contributed by atoms with Crippen molar-refractivity contribution in [2.24, 2.45) is 0 Å². The summed E-state index contributed by atoms with van der Waals surface area (Å²) >= 11 is 0. The molecule has 0 aromatic carbocycles. The number of rotatable bonds is 3. The maximum absolute atomic E-state index is 12.3. The molecule has 2 rings (SSSR count). The van der Waals surface area contributed by atoms with Crippen molar-refractivity contribution in [3.8, 4) is 0 Å². The van der Waals surface area contributed by atoms with Crippen LogP contribution in [0.1, 0.15) is 49.3 Å². The molecule has 1 atom stereocenters. The number of hydrogen-bond donors (Lipinski definition) is 2. The molecule has 1 aromatic rings. The van der Waals surface area contributed by atoms with Gasteiger partial charge in [0.05, 0.1) is 5.69 Å². The lowest BCUT2D eigenvalue weighted by Crippen LogP contribution is -2.37. The van der Waals surface area contributed by atoms with Crippen LogP contribution in [0.2, 0.25) is 0 Å². The maximum Gasteiger partial charge on any atom is 0.271 e. The third-order valence-corrected chi connectivity index (χ3v) is 3.30. The lowest BCUT2D eigenvalue weighted by atomic mass is 10.1. The van der Waals surface area contributed by atoms with E-state index in [2.05, 4.69) is 15.5 Å². The largest absolute Gasteiger partial charge is 0.352 e. The van der Waals surface area contributed by atoms with Gasteiger partial charge in [0.2, 0.25) is 5.91 Å². The Kier molecular flexibility index (Phi) is 3.87. The molecule has 19 heavy (non-hydrogen) atoms. The van der Waals surface area contributed by atoms with E-state index in [1.807, 2.05) is 13.8 Å². The van der Waals surface area contributed by atoms with Gasteiger partial charge in [-0.25, -0.2) is 0 Å². The molecule has 6 nitrogen and oxygen atoms in total. The molecule has 1 fully saturated rings. The van der Waals surface area contributed by atoms with Crippen molar-refractivity contribution in [1.82, 2.24) is 20.4 Å². The molecule has 0 radical (unpaired) electrons. The average Bonchev–Trinajstić information content (AvgIpc) is 2.95. The molecule has 1 aliphatic heterocycles. The second-order valence-electron chi connectivity index (χ2n) is 5.30. The van der Waals surface area contributed by atoms with E-state index >= 15 is 0 Å². The highest BCUT2D eigenvalue weighted by atomic mass is 16.2. The number of nitrogens with one attached hydrogen (secondary N) is 2. The Morgan fingerprint density at radius 2 is 2.26 bits per heavy atom. The summed E-state index contributed by atoms with van der Waals surface area (Å²) in [5, 5.41) is 9.77. The molecule has 1 aliphatic rings. The van der Waals surface area contributed by atoms with Crippen LogP contribution in [0.25, 0.3) is 0 Å². The number of H-pyrrole nitrogens is 1. The Hall–Kier alpha value is -1.85. The van der Waals surface area contributed by atoms with Crippen LogP contribution < -0.4 is 5.32 Å². The van der Waals surface area contributed by atoms with E-state index in [1.165, 1.54) is 6.92 Å². The Bertz CT molecular complexity index is 481. The van der Waals surface area contributed by atoms with Crippen LogP contribution in [-0.4, -0.2) is 46.0 Å². The minimum absolute atomic E-state index is 0.0488. The van der Waals surface area contributed by atoms with E-state index in [1.54, 1.807) is 11.0 Å². The zero-order chi connectivity index (χ0) is 14.0. The summed E-state index contributed by atoms with van der Waals surface area (Å²) in [6.45, 7) is 6.79. The van der Waals surface area contributed by atoms with E-state index in [0.29, 0.717) is 24.7 Å². The maximum atomic E-state index is 12.3. The summed E-state index contributed by atoms with van der Waals surface area (Å²) in [4.78, 5) is 25.0. The first kappa shape index (κ1) is 13.6. The molecule has 6 heteroatoms. The van der Waals surface area contributed by atoms with Crippen molar-refractivity contribution in [2.45, 2.75) is 39.2 Å². The Labute approximate surface area is 112 Å². The Balaban J connectivity index is 1.98. The van der Waals surface area contributed by atoms with E-state index in [0.717, 1.165) is 12.1 Å². The summed E-state index contributed by atoms with van der Waals surface area (Å²) in [7, 11) is 0. The van der Waals surface area contributed by atoms with Gasteiger partial charge in [-0.2, -0.15) is 5.10 Å². The van der Waals surface area contributed by atoms with Crippen LogP contribution in [0.5, 0.6) is 0 Å². The van der Waals surface area contributed by atoms with Gasteiger partial charge in [0.15, 0.2) is 0 Å². The van der Waals surface area contributed by atoms with Crippen molar-refractivity contribution in [1.29, 1.82) is 0 Å². The number of nitrogens with zero attached hydrogens (tertiary/aromatic N) is 2. The number of amides is 2. The van der Waals surface area contributed by atoms with Gasteiger partial charge in [-0.15, -0.1) is 0 Å². The normalized spacial score (nSPS) is 18.9. The molecular weight excluding hydrogens is 244 g/mol. The van der Waals surface area contributed by atoms with E-state index in [4.69, 9.17) is 0 Å². The minimum Gasteiger partial charge on any atom is -0.352 e. The Morgan fingerprint density at radius 1 is 1.53 bits per heavy atom. The van der Waals surface area contributed by atoms with Crippen molar-refractivity contribution in [3.63, 3.8) is 0 Å². The number of carbonyl (C=O) groups excluding carboxylic acids is 2. The topological polar surface area (TPSA) is 78.1 Å². The predicted molar refractivity (Wildman–Crippen MR) is 70.8 cm³/mol. The lowest BCUT2D eigenvalue weighted by Gasteiger charge is -2.15. The lowest BCUT2D eigenvalue weighted by molar-refractivity contribution is -0.119. The van der Waals surface area contributed by atoms with Gasteiger partial charge in [0, 0.05) is 26.1 Å². The summed E-state index contributed by atoms with van der Waals surface area (Å²) in [5.41, 5.74) is 1.41. The molecule has 1 unspecified atom stereocenters. The first-order chi connectivity index (χ1) is 8.97. The fourth-order valence-electron chi connectivity index (χ4n) is 2.26. The van der Waals surface area contributed by atoms with Crippen molar-refractivity contribution in [2.75, 3.05) is 13.1 Å².